The number of halogens is 1. The minimum atomic E-state index is -3.06. The van der Waals surface area contributed by atoms with Crippen molar-refractivity contribution in [2.24, 2.45) is 0 Å². The summed E-state index contributed by atoms with van der Waals surface area (Å²) >= 11 is 0. The number of carbonyl (C=O) groups is 2. The number of nitrogens with zero attached hydrogens (tertiary/aromatic N) is 3. The molecule has 188 valence electrons. The predicted octanol–water partition coefficient (Wildman–Crippen LogP) is 1.73. The maximum Gasteiger partial charge on any atom is 0.238 e. The molecule has 1 aromatic rings. The number of benzene rings is 1. The van der Waals surface area contributed by atoms with Crippen LogP contribution in [-0.4, -0.2) is 97.8 Å². The fourth-order valence-corrected chi connectivity index (χ4v) is 7.09. The Hall–Kier alpha value is -2.04. The van der Waals surface area contributed by atoms with Gasteiger partial charge in [0.15, 0.2) is 9.84 Å². The molecule has 10 heteroatoms. The normalized spacial score (nSPS) is 24.1. The molecule has 1 aromatic carbocycles. The number of sulfone groups is 1. The highest BCUT2D eigenvalue weighted by Gasteiger charge is 2.39. The Labute approximate surface area is 201 Å². The summed E-state index contributed by atoms with van der Waals surface area (Å²) in [5, 5.41) is 2.78. The summed E-state index contributed by atoms with van der Waals surface area (Å²) in [7, 11) is -3.06. The van der Waals surface area contributed by atoms with Gasteiger partial charge in [-0.25, -0.2) is 12.8 Å². The van der Waals surface area contributed by atoms with Crippen molar-refractivity contribution in [3.63, 3.8) is 0 Å². The lowest BCUT2D eigenvalue weighted by Gasteiger charge is -2.40. The second-order valence-electron chi connectivity index (χ2n) is 9.76. The molecule has 0 radical (unpaired) electrons. The van der Waals surface area contributed by atoms with Gasteiger partial charge in [0.25, 0.3) is 0 Å². The predicted molar refractivity (Wildman–Crippen MR) is 129 cm³/mol. The maximum atomic E-state index is 13.4. The van der Waals surface area contributed by atoms with Crippen LogP contribution in [0, 0.1) is 5.82 Å². The van der Waals surface area contributed by atoms with E-state index in [1.807, 2.05) is 9.80 Å². The SMILES string of the molecule is O=C(CN1CCN(CC(=O)N(C2CCCCC2)[C@@H]2CCS(=O)(=O)C2)CC1)Nc1ccc(F)cc1. The highest BCUT2D eigenvalue weighted by molar-refractivity contribution is 7.91. The van der Waals surface area contributed by atoms with Crippen LogP contribution >= 0.6 is 0 Å². The van der Waals surface area contributed by atoms with Crippen LogP contribution in [0.4, 0.5) is 10.1 Å². The molecule has 0 unspecified atom stereocenters. The Bertz CT molecular complexity index is 958. The van der Waals surface area contributed by atoms with E-state index in [0.717, 1.165) is 25.7 Å². The maximum absolute atomic E-state index is 13.4. The zero-order valence-corrected chi connectivity index (χ0v) is 20.4. The minimum Gasteiger partial charge on any atom is -0.335 e. The summed E-state index contributed by atoms with van der Waals surface area (Å²) in [6.07, 6.45) is 5.82. The molecular weight excluding hydrogens is 459 g/mol. The second kappa shape index (κ2) is 11.1. The summed E-state index contributed by atoms with van der Waals surface area (Å²) < 4.78 is 37.2. The van der Waals surface area contributed by atoms with Gasteiger partial charge in [-0.2, -0.15) is 0 Å². The average Bonchev–Trinajstić information content (AvgIpc) is 3.16. The third kappa shape index (κ3) is 6.76. The molecule has 1 aliphatic carbocycles. The molecule has 4 rings (SSSR count). The van der Waals surface area contributed by atoms with Gasteiger partial charge in [-0.15, -0.1) is 0 Å². The number of anilines is 1. The van der Waals surface area contributed by atoms with Crippen LogP contribution in [0.2, 0.25) is 0 Å². The highest BCUT2D eigenvalue weighted by atomic mass is 32.2. The Morgan fingerprint density at radius 2 is 1.53 bits per heavy atom. The van der Waals surface area contributed by atoms with E-state index in [2.05, 4.69) is 10.2 Å². The summed E-state index contributed by atoms with van der Waals surface area (Å²) in [6.45, 7) is 3.24. The van der Waals surface area contributed by atoms with Gasteiger partial charge in [-0.3, -0.25) is 19.4 Å². The summed E-state index contributed by atoms with van der Waals surface area (Å²) in [6, 6.07) is 5.63. The summed E-state index contributed by atoms with van der Waals surface area (Å²) in [5.74, 6) is -0.197. The smallest absolute Gasteiger partial charge is 0.238 e. The molecule has 1 N–H and O–H groups in total. The van der Waals surface area contributed by atoms with Crippen LogP contribution in [-0.2, 0) is 19.4 Å². The number of rotatable bonds is 7. The van der Waals surface area contributed by atoms with Crippen LogP contribution in [0.1, 0.15) is 38.5 Å². The van der Waals surface area contributed by atoms with Crippen molar-refractivity contribution in [2.45, 2.75) is 50.6 Å². The molecule has 0 spiro atoms. The van der Waals surface area contributed by atoms with Gasteiger partial charge >= 0.3 is 0 Å². The van der Waals surface area contributed by atoms with E-state index < -0.39 is 9.84 Å². The highest BCUT2D eigenvalue weighted by Crippen LogP contribution is 2.28. The first-order valence-electron chi connectivity index (χ1n) is 12.3. The lowest BCUT2D eigenvalue weighted by molar-refractivity contribution is -0.138. The molecule has 2 amide bonds. The zero-order chi connectivity index (χ0) is 24.1. The van der Waals surface area contributed by atoms with Gasteiger partial charge in [-0.1, -0.05) is 19.3 Å². The van der Waals surface area contributed by atoms with Gasteiger partial charge in [-0.05, 0) is 43.5 Å². The van der Waals surface area contributed by atoms with E-state index in [4.69, 9.17) is 0 Å². The van der Waals surface area contributed by atoms with Crippen molar-refractivity contribution < 1.29 is 22.4 Å². The van der Waals surface area contributed by atoms with E-state index in [9.17, 15) is 22.4 Å². The van der Waals surface area contributed by atoms with Crippen molar-refractivity contribution in [2.75, 3.05) is 56.1 Å². The van der Waals surface area contributed by atoms with Crippen molar-refractivity contribution >= 4 is 27.3 Å². The third-order valence-electron chi connectivity index (χ3n) is 7.18. The number of piperazine rings is 1. The van der Waals surface area contributed by atoms with Gasteiger partial charge in [0.05, 0.1) is 24.6 Å². The lowest BCUT2D eigenvalue weighted by Crippen LogP contribution is -2.55. The van der Waals surface area contributed by atoms with Gasteiger partial charge in [0, 0.05) is 44.0 Å². The molecule has 8 nitrogen and oxygen atoms in total. The molecule has 2 heterocycles. The van der Waals surface area contributed by atoms with Crippen molar-refractivity contribution in [3.8, 4) is 0 Å². The first kappa shape index (κ1) is 25.1. The van der Waals surface area contributed by atoms with Crippen molar-refractivity contribution in [1.82, 2.24) is 14.7 Å². The number of carbonyl (C=O) groups excluding carboxylic acids is 2. The Balaban J connectivity index is 1.27. The molecule has 0 bridgehead atoms. The molecule has 3 fully saturated rings. The van der Waals surface area contributed by atoms with Crippen LogP contribution in [0.3, 0.4) is 0 Å². The Morgan fingerprint density at radius 1 is 0.912 bits per heavy atom. The molecule has 1 saturated carbocycles. The average molecular weight is 495 g/mol. The van der Waals surface area contributed by atoms with E-state index in [1.54, 1.807) is 0 Å². The molecule has 2 aliphatic heterocycles. The fraction of sp³-hybridized carbons (Fsp3) is 0.667. The van der Waals surface area contributed by atoms with Gasteiger partial charge in [0.1, 0.15) is 5.82 Å². The number of hydrogen-bond acceptors (Lipinski definition) is 6. The van der Waals surface area contributed by atoms with Crippen LogP contribution < -0.4 is 5.32 Å². The standard InChI is InChI=1S/C24H35FN4O4S/c25-19-6-8-20(9-7-19)26-23(30)16-27-11-13-28(14-12-27)17-24(31)29(21-4-2-1-3-5-21)22-10-15-34(32,33)18-22/h6-9,21-22H,1-5,10-18H2,(H,26,30)/t22-/m1/s1. The van der Waals surface area contributed by atoms with E-state index in [1.165, 1.54) is 30.7 Å². The molecule has 1 atom stereocenters. The first-order valence-corrected chi connectivity index (χ1v) is 14.1. The quantitative estimate of drug-likeness (QED) is 0.621. The minimum absolute atomic E-state index is 0.0384. The number of hydrogen-bond donors (Lipinski definition) is 1. The first-order chi connectivity index (χ1) is 16.3. The van der Waals surface area contributed by atoms with Gasteiger partial charge < -0.3 is 10.2 Å². The van der Waals surface area contributed by atoms with E-state index in [-0.39, 0.29) is 47.8 Å². The van der Waals surface area contributed by atoms with Crippen LogP contribution in [0.15, 0.2) is 24.3 Å². The molecule has 2 saturated heterocycles. The second-order valence-corrected chi connectivity index (χ2v) is 12.0. The van der Waals surface area contributed by atoms with E-state index >= 15 is 0 Å². The van der Waals surface area contributed by atoms with Crippen molar-refractivity contribution in [3.05, 3.63) is 30.1 Å². The number of amides is 2. The van der Waals surface area contributed by atoms with E-state index in [0.29, 0.717) is 44.8 Å². The summed E-state index contributed by atoms with van der Waals surface area (Å²) in [4.78, 5) is 31.8. The van der Waals surface area contributed by atoms with Gasteiger partial charge in [0.2, 0.25) is 11.8 Å². The van der Waals surface area contributed by atoms with Crippen molar-refractivity contribution in [1.29, 1.82) is 0 Å². The lowest BCUT2D eigenvalue weighted by atomic mass is 9.92. The Kier molecular flexibility index (Phi) is 8.21. The number of nitrogens with one attached hydrogen (secondary N) is 1. The topological polar surface area (TPSA) is 90.0 Å². The molecule has 34 heavy (non-hydrogen) atoms. The molecular formula is C24H35FN4O4S. The third-order valence-corrected chi connectivity index (χ3v) is 8.93. The zero-order valence-electron chi connectivity index (χ0n) is 19.6. The fourth-order valence-electron chi connectivity index (χ4n) is 5.37. The molecule has 0 aromatic heterocycles. The molecule has 3 aliphatic rings. The largest absolute Gasteiger partial charge is 0.335 e. The van der Waals surface area contributed by atoms with Crippen LogP contribution in [0.25, 0.3) is 0 Å². The monoisotopic (exact) mass is 494 g/mol. The van der Waals surface area contributed by atoms with Crippen LogP contribution in [0.5, 0.6) is 0 Å². The summed E-state index contributed by atoms with van der Waals surface area (Å²) in [5.41, 5.74) is 0.562. The Morgan fingerprint density at radius 3 is 2.12 bits per heavy atom.